The molecule has 0 atom stereocenters. The molecule has 0 spiro atoms. The highest BCUT2D eigenvalue weighted by Crippen LogP contribution is 2.28. The second-order valence-corrected chi connectivity index (χ2v) is 6.01. The topological polar surface area (TPSA) is 92.3 Å². The van der Waals surface area contributed by atoms with Crippen LogP contribution in [0.1, 0.15) is 24.6 Å². The van der Waals surface area contributed by atoms with E-state index in [2.05, 4.69) is 44.1 Å². The summed E-state index contributed by atoms with van der Waals surface area (Å²) in [6.45, 7) is 4.79. The summed E-state index contributed by atoms with van der Waals surface area (Å²) < 4.78 is 2.51. The Morgan fingerprint density at radius 2 is 2.32 bits per heavy atom. The van der Waals surface area contributed by atoms with Crippen molar-refractivity contribution in [1.29, 1.82) is 0 Å². The molecule has 3 rings (SSSR count). The summed E-state index contributed by atoms with van der Waals surface area (Å²) in [6.07, 6.45) is 5.68. The molecular formula is C14H20BrN7. The molecule has 0 fully saturated rings. The zero-order chi connectivity index (χ0) is 15.5. The summed E-state index contributed by atoms with van der Waals surface area (Å²) in [5.41, 5.74) is 16.1. The molecule has 0 radical (unpaired) electrons. The van der Waals surface area contributed by atoms with Gasteiger partial charge in [0.15, 0.2) is 5.65 Å². The molecule has 0 saturated carbocycles. The molecule has 2 aromatic rings. The molecule has 118 valence electrons. The van der Waals surface area contributed by atoms with Crippen LogP contribution in [0.2, 0.25) is 0 Å². The first-order valence-electron chi connectivity index (χ1n) is 7.42. The number of nitrogens with one attached hydrogen (secondary N) is 3. The van der Waals surface area contributed by atoms with Crippen LogP contribution in [0.4, 0.5) is 5.82 Å². The number of hydrogen-bond donors (Lipinski definition) is 4. The van der Waals surface area contributed by atoms with Crippen molar-refractivity contribution in [1.82, 2.24) is 30.8 Å². The van der Waals surface area contributed by atoms with Crippen molar-refractivity contribution < 1.29 is 0 Å². The highest BCUT2D eigenvalue weighted by atomic mass is 79.9. The Morgan fingerprint density at radius 1 is 1.45 bits per heavy atom. The van der Waals surface area contributed by atoms with Gasteiger partial charge in [-0.3, -0.25) is 0 Å². The van der Waals surface area contributed by atoms with Crippen molar-refractivity contribution in [3.8, 4) is 0 Å². The molecule has 22 heavy (non-hydrogen) atoms. The maximum absolute atomic E-state index is 6.20. The van der Waals surface area contributed by atoms with Gasteiger partial charge >= 0.3 is 0 Å². The van der Waals surface area contributed by atoms with Gasteiger partial charge in [-0.2, -0.15) is 9.61 Å². The third kappa shape index (κ3) is 2.81. The van der Waals surface area contributed by atoms with Gasteiger partial charge in [0.05, 0.1) is 16.4 Å². The fraction of sp³-hybridized carbons (Fsp3) is 0.429. The van der Waals surface area contributed by atoms with Gasteiger partial charge in [-0.1, -0.05) is 6.92 Å². The van der Waals surface area contributed by atoms with E-state index in [0.29, 0.717) is 5.82 Å². The number of fused-ring (bicyclic) bond motifs is 1. The second-order valence-electron chi connectivity index (χ2n) is 5.22. The monoisotopic (exact) mass is 365 g/mol. The largest absolute Gasteiger partial charge is 0.383 e. The second kappa shape index (κ2) is 6.64. The molecule has 0 saturated heterocycles. The minimum atomic E-state index is 0.584. The van der Waals surface area contributed by atoms with Gasteiger partial charge in [0.1, 0.15) is 5.82 Å². The van der Waals surface area contributed by atoms with E-state index in [0.717, 1.165) is 59.4 Å². The number of hydrogen-bond acceptors (Lipinski definition) is 6. The Balaban J connectivity index is 1.95. The number of nitrogen functional groups attached to an aromatic ring is 1. The molecule has 0 amide bonds. The first-order chi connectivity index (χ1) is 10.7. The minimum Gasteiger partial charge on any atom is -0.383 e. The van der Waals surface area contributed by atoms with Crippen LogP contribution in [-0.2, 0) is 6.42 Å². The minimum absolute atomic E-state index is 0.584. The van der Waals surface area contributed by atoms with E-state index in [4.69, 9.17) is 10.7 Å². The van der Waals surface area contributed by atoms with Gasteiger partial charge < -0.3 is 16.5 Å². The fourth-order valence-electron chi connectivity index (χ4n) is 2.45. The van der Waals surface area contributed by atoms with Crippen molar-refractivity contribution in [2.24, 2.45) is 0 Å². The van der Waals surface area contributed by atoms with E-state index in [1.54, 1.807) is 4.52 Å². The first-order valence-corrected chi connectivity index (χ1v) is 8.21. The highest BCUT2D eigenvalue weighted by Gasteiger charge is 2.18. The predicted molar refractivity (Wildman–Crippen MR) is 91.1 cm³/mol. The molecule has 0 bridgehead atoms. The maximum atomic E-state index is 6.20. The van der Waals surface area contributed by atoms with Gasteiger partial charge in [0.2, 0.25) is 0 Å². The Bertz CT molecular complexity index is 707. The van der Waals surface area contributed by atoms with Crippen LogP contribution in [0, 0.1) is 0 Å². The lowest BCUT2D eigenvalue weighted by molar-refractivity contribution is 0.664. The standard InChI is InChI=1S/C14H20BrN7/c1-2-4-17-5-3-11-12(15)13(16)22-14(21-11)10(8-20-22)9-6-18-19-7-9/h6,8,17-19H,2-5,7,16H2,1H3. The summed E-state index contributed by atoms with van der Waals surface area (Å²) in [4.78, 5) is 4.77. The predicted octanol–water partition coefficient (Wildman–Crippen LogP) is 1.06. The zero-order valence-corrected chi connectivity index (χ0v) is 14.1. The van der Waals surface area contributed by atoms with Gasteiger partial charge in [-0.25, -0.2) is 10.4 Å². The third-order valence-electron chi connectivity index (χ3n) is 3.63. The Hall–Kier alpha value is -1.64. The summed E-state index contributed by atoms with van der Waals surface area (Å²) in [6, 6.07) is 0. The van der Waals surface area contributed by atoms with Crippen LogP contribution in [0.5, 0.6) is 0 Å². The molecule has 7 nitrogen and oxygen atoms in total. The lowest BCUT2D eigenvalue weighted by Gasteiger charge is -2.10. The van der Waals surface area contributed by atoms with Crippen molar-refractivity contribution in [2.75, 3.05) is 25.4 Å². The van der Waals surface area contributed by atoms with Crippen LogP contribution < -0.4 is 21.9 Å². The fourth-order valence-corrected chi connectivity index (χ4v) is 2.91. The Morgan fingerprint density at radius 3 is 3.05 bits per heavy atom. The van der Waals surface area contributed by atoms with Crippen LogP contribution in [0.15, 0.2) is 16.9 Å². The summed E-state index contributed by atoms with van der Waals surface area (Å²) in [7, 11) is 0. The maximum Gasteiger partial charge on any atom is 0.165 e. The van der Waals surface area contributed by atoms with E-state index in [1.807, 2.05) is 12.4 Å². The average molecular weight is 366 g/mol. The number of halogens is 1. The quantitative estimate of drug-likeness (QED) is 0.572. The van der Waals surface area contributed by atoms with E-state index < -0.39 is 0 Å². The molecule has 0 unspecified atom stereocenters. The molecule has 0 aromatic carbocycles. The summed E-state index contributed by atoms with van der Waals surface area (Å²) in [5, 5.41) is 7.75. The number of nitrogens with two attached hydrogens (primary N) is 1. The Kier molecular flexibility index (Phi) is 4.60. The van der Waals surface area contributed by atoms with Crippen LogP contribution in [-0.4, -0.2) is 34.2 Å². The molecule has 5 N–H and O–H groups in total. The molecule has 3 heterocycles. The van der Waals surface area contributed by atoms with E-state index >= 15 is 0 Å². The first kappa shape index (κ1) is 15.3. The van der Waals surface area contributed by atoms with Crippen LogP contribution in [0.25, 0.3) is 11.2 Å². The molecule has 1 aliphatic rings. The lowest BCUT2D eigenvalue weighted by Crippen LogP contribution is -2.20. The van der Waals surface area contributed by atoms with Gasteiger partial charge in [0, 0.05) is 31.3 Å². The molecule has 0 aliphatic carbocycles. The van der Waals surface area contributed by atoms with E-state index in [9.17, 15) is 0 Å². The number of rotatable bonds is 6. The van der Waals surface area contributed by atoms with Crippen molar-refractivity contribution >= 4 is 33.0 Å². The van der Waals surface area contributed by atoms with Gasteiger partial charge in [-0.15, -0.1) is 0 Å². The number of nitrogens with zero attached hydrogens (tertiary/aromatic N) is 3. The summed E-state index contributed by atoms with van der Waals surface area (Å²) >= 11 is 3.55. The smallest absolute Gasteiger partial charge is 0.165 e. The van der Waals surface area contributed by atoms with E-state index in [-0.39, 0.29) is 0 Å². The average Bonchev–Trinajstić information content (AvgIpc) is 3.17. The molecule has 1 aliphatic heterocycles. The molecular weight excluding hydrogens is 346 g/mol. The number of aromatic nitrogens is 3. The van der Waals surface area contributed by atoms with Crippen LogP contribution in [0.3, 0.4) is 0 Å². The van der Waals surface area contributed by atoms with Crippen molar-refractivity contribution in [3.63, 3.8) is 0 Å². The van der Waals surface area contributed by atoms with Gasteiger partial charge in [0.25, 0.3) is 0 Å². The van der Waals surface area contributed by atoms with Gasteiger partial charge in [-0.05, 0) is 34.5 Å². The zero-order valence-electron chi connectivity index (χ0n) is 12.5. The molecule has 8 heteroatoms. The van der Waals surface area contributed by atoms with Crippen LogP contribution >= 0.6 is 15.9 Å². The summed E-state index contributed by atoms with van der Waals surface area (Å²) in [5.74, 6) is 0.584. The molecule has 2 aromatic heterocycles. The third-order valence-corrected chi connectivity index (χ3v) is 4.49. The normalized spacial score (nSPS) is 14.4. The Labute approximate surface area is 137 Å². The number of anilines is 1. The number of hydrazine groups is 1. The highest BCUT2D eigenvalue weighted by molar-refractivity contribution is 9.10. The van der Waals surface area contributed by atoms with Crippen molar-refractivity contribution in [3.05, 3.63) is 28.1 Å². The SMILES string of the molecule is CCCNCCc1nc2c(C3=CNNC3)cnn2c(N)c1Br. The van der Waals surface area contributed by atoms with Crippen molar-refractivity contribution in [2.45, 2.75) is 19.8 Å². The lowest BCUT2D eigenvalue weighted by atomic mass is 10.1. The van der Waals surface area contributed by atoms with E-state index in [1.165, 1.54) is 0 Å².